The number of nitrogens with zero attached hydrogens (tertiary/aromatic N) is 2. The summed E-state index contributed by atoms with van der Waals surface area (Å²) in [5, 5.41) is 0.132. The van der Waals surface area contributed by atoms with Gasteiger partial charge >= 0.3 is 5.97 Å². The molecule has 1 aliphatic heterocycles. The number of rotatable bonds is 4. The Balaban J connectivity index is 1.89. The highest BCUT2D eigenvalue weighted by molar-refractivity contribution is 6.32. The molecule has 1 unspecified atom stereocenters. The number of methoxy groups -OCH3 is 3. The summed E-state index contributed by atoms with van der Waals surface area (Å²) in [7, 11) is 4.52. The summed E-state index contributed by atoms with van der Waals surface area (Å²) < 4.78 is 15.4. The van der Waals surface area contributed by atoms with Crippen LogP contribution in [0.25, 0.3) is 0 Å². The summed E-state index contributed by atoms with van der Waals surface area (Å²) in [6.45, 7) is 0. The number of aliphatic imine (C=N–C) groups is 1. The average Bonchev–Trinajstić information content (AvgIpc) is 2.88. The molecule has 1 aromatic carbocycles. The monoisotopic (exact) mass is 374 g/mol. The molecule has 0 radical (unpaired) electrons. The van der Waals surface area contributed by atoms with E-state index in [1.807, 2.05) is 18.3 Å². The van der Waals surface area contributed by atoms with Gasteiger partial charge in [-0.25, -0.2) is 9.78 Å². The van der Waals surface area contributed by atoms with E-state index in [9.17, 15) is 4.79 Å². The van der Waals surface area contributed by atoms with E-state index in [4.69, 9.17) is 25.8 Å². The maximum absolute atomic E-state index is 11.6. The van der Waals surface area contributed by atoms with Gasteiger partial charge in [0, 0.05) is 18.2 Å². The number of fused-ring (bicyclic) bond motifs is 1. The van der Waals surface area contributed by atoms with Crippen LogP contribution in [0.5, 0.6) is 11.5 Å². The zero-order chi connectivity index (χ0) is 18.7. The molecule has 6 nitrogen and oxygen atoms in total. The molecular weight excluding hydrogens is 356 g/mol. The molecule has 3 rings (SSSR count). The number of aromatic nitrogens is 1. The number of carbonyl (C=O) groups is 1. The van der Waals surface area contributed by atoms with Gasteiger partial charge in [0.25, 0.3) is 0 Å². The number of hydrogen-bond donors (Lipinski definition) is 0. The van der Waals surface area contributed by atoms with Crippen molar-refractivity contribution >= 4 is 29.5 Å². The zero-order valence-corrected chi connectivity index (χ0v) is 15.5. The van der Waals surface area contributed by atoms with Crippen LogP contribution in [-0.2, 0) is 11.2 Å². The van der Waals surface area contributed by atoms with Crippen LogP contribution in [0.3, 0.4) is 0 Å². The summed E-state index contributed by atoms with van der Waals surface area (Å²) in [4.78, 5) is 20.6. The summed E-state index contributed by atoms with van der Waals surface area (Å²) in [5.74, 6) is 0.813. The van der Waals surface area contributed by atoms with Crippen molar-refractivity contribution in [1.82, 2.24) is 4.98 Å². The third kappa shape index (κ3) is 3.51. The SMILES string of the molecule is COC(=O)c1ccc(C2C=Nc3cc(OC)c(OC)cc3CC2)nc1Cl. The lowest BCUT2D eigenvalue weighted by atomic mass is 9.97. The Morgan fingerprint density at radius 3 is 2.54 bits per heavy atom. The van der Waals surface area contributed by atoms with Crippen molar-refractivity contribution in [2.24, 2.45) is 4.99 Å². The van der Waals surface area contributed by atoms with Crippen molar-refractivity contribution in [3.63, 3.8) is 0 Å². The van der Waals surface area contributed by atoms with Gasteiger partial charge in [-0.15, -0.1) is 0 Å². The summed E-state index contributed by atoms with van der Waals surface area (Å²) >= 11 is 6.14. The molecule has 0 saturated heterocycles. The van der Waals surface area contributed by atoms with E-state index in [0.717, 1.165) is 29.8 Å². The number of hydrogen-bond acceptors (Lipinski definition) is 6. The maximum atomic E-state index is 11.6. The predicted molar refractivity (Wildman–Crippen MR) is 99.3 cm³/mol. The van der Waals surface area contributed by atoms with E-state index in [1.165, 1.54) is 7.11 Å². The molecule has 2 aromatic rings. The van der Waals surface area contributed by atoms with Crippen LogP contribution in [0.15, 0.2) is 29.3 Å². The normalized spacial score (nSPS) is 15.8. The number of aryl methyl sites for hydroxylation is 1. The smallest absolute Gasteiger partial charge is 0.341 e. The molecule has 0 aliphatic carbocycles. The van der Waals surface area contributed by atoms with Gasteiger partial charge in [0.1, 0.15) is 5.15 Å². The van der Waals surface area contributed by atoms with Crippen molar-refractivity contribution < 1.29 is 19.0 Å². The zero-order valence-electron chi connectivity index (χ0n) is 14.8. The lowest BCUT2D eigenvalue weighted by Crippen LogP contribution is -2.08. The maximum Gasteiger partial charge on any atom is 0.341 e. The van der Waals surface area contributed by atoms with Gasteiger partial charge in [-0.3, -0.25) is 4.99 Å². The van der Waals surface area contributed by atoms with E-state index in [-0.39, 0.29) is 16.6 Å². The molecule has 136 valence electrons. The Morgan fingerprint density at radius 1 is 1.15 bits per heavy atom. The Bertz CT molecular complexity index is 867. The lowest BCUT2D eigenvalue weighted by Gasteiger charge is -2.12. The molecule has 0 fully saturated rings. The third-order valence-corrected chi connectivity index (χ3v) is 4.65. The van der Waals surface area contributed by atoms with E-state index in [2.05, 4.69) is 9.98 Å². The average molecular weight is 375 g/mol. The minimum absolute atomic E-state index is 0.0106. The van der Waals surface area contributed by atoms with Gasteiger partial charge in [0.05, 0.1) is 38.3 Å². The van der Waals surface area contributed by atoms with Crippen LogP contribution in [0, 0.1) is 0 Å². The summed E-state index contributed by atoms with van der Waals surface area (Å²) in [6.07, 6.45) is 3.47. The highest BCUT2D eigenvalue weighted by atomic mass is 35.5. The van der Waals surface area contributed by atoms with Crippen molar-refractivity contribution in [1.29, 1.82) is 0 Å². The number of benzene rings is 1. The van der Waals surface area contributed by atoms with E-state index in [0.29, 0.717) is 11.5 Å². The molecule has 2 heterocycles. The Labute approximate surface area is 156 Å². The summed E-state index contributed by atoms with van der Waals surface area (Å²) in [6, 6.07) is 7.24. The van der Waals surface area contributed by atoms with Crippen LogP contribution < -0.4 is 9.47 Å². The Kier molecular flexibility index (Phi) is 5.42. The van der Waals surface area contributed by atoms with Crippen LogP contribution in [0.2, 0.25) is 5.15 Å². The lowest BCUT2D eigenvalue weighted by molar-refractivity contribution is 0.0600. The van der Waals surface area contributed by atoms with Gasteiger partial charge in [0.15, 0.2) is 11.5 Å². The number of pyridine rings is 1. The molecule has 0 amide bonds. The van der Waals surface area contributed by atoms with Crippen molar-refractivity contribution in [3.05, 3.63) is 46.2 Å². The number of esters is 1. The van der Waals surface area contributed by atoms with Gasteiger partial charge in [-0.2, -0.15) is 0 Å². The largest absolute Gasteiger partial charge is 0.493 e. The highest BCUT2D eigenvalue weighted by Gasteiger charge is 2.20. The highest BCUT2D eigenvalue weighted by Crippen LogP contribution is 2.38. The molecule has 26 heavy (non-hydrogen) atoms. The van der Waals surface area contributed by atoms with Crippen LogP contribution in [-0.4, -0.2) is 38.5 Å². The molecule has 1 aliphatic rings. The van der Waals surface area contributed by atoms with E-state index >= 15 is 0 Å². The van der Waals surface area contributed by atoms with Crippen LogP contribution >= 0.6 is 11.6 Å². The van der Waals surface area contributed by atoms with Crippen molar-refractivity contribution in [2.75, 3.05) is 21.3 Å². The molecule has 0 N–H and O–H groups in total. The Hall–Kier alpha value is -2.60. The van der Waals surface area contributed by atoms with Gasteiger partial charge in [0.2, 0.25) is 0 Å². The molecule has 0 saturated carbocycles. The second-order valence-electron chi connectivity index (χ2n) is 5.83. The van der Waals surface area contributed by atoms with E-state index in [1.54, 1.807) is 26.4 Å². The third-order valence-electron chi connectivity index (χ3n) is 4.36. The molecular formula is C19H19ClN2O4. The first kappa shape index (κ1) is 18.2. The van der Waals surface area contributed by atoms with Gasteiger partial charge in [-0.1, -0.05) is 11.6 Å². The fraction of sp³-hybridized carbons (Fsp3) is 0.316. The van der Waals surface area contributed by atoms with Gasteiger partial charge < -0.3 is 14.2 Å². The molecule has 7 heteroatoms. The topological polar surface area (TPSA) is 70.0 Å². The predicted octanol–water partition coefficient (Wildman–Crippen LogP) is 3.97. The minimum atomic E-state index is -0.504. The molecule has 0 spiro atoms. The first-order chi connectivity index (χ1) is 12.6. The van der Waals surface area contributed by atoms with Crippen LogP contribution in [0.4, 0.5) is 5.69 Å². The standard InChI is InChI=1S/C19H19ClN2O4/c1-24-16-8-11-4-5-12(10-21-15(11)9-17(16)25-2)14-7-6-13(18(20)22-14)19(23)26-3/h6-10,12H,4-5H2,1-3H3. The number of halogens is 1. The fourth-order valence-corrected chi connectivity index (χ4v) is 3.17. The summed E-state index contributed by atoms with van der Waals surface area (Å²) in [5.41, 5.74) is 2.94. The van der Waals surface area contributed by atoms with E-state index < -0.39 is 5.97 Å². The molecule has 1 aromatic heterocycles. The number of carbonyl (C=O) groups excluding carboxylic acids is 1. The van der Waals surface area contributed by atoms with Crippen LogP contribution in [0.1, 0.15) is 34.0 Å². The van der Waals surface area contributed by atoms with Crippen molar-refractivity contribution in [2.45, 2.75) is 18.8 Å². The quantitative estimate of drug-likeness (QED) is 0.598. The minimum Gasteiger partial charge on any atom is -0.493 e. The fourth-order valence-electron chi connectivity index (χ4n) is 2.93. The number of ether oxygens (including phenoxy) is 3. The van der Waals surface area contributed by atoms with Crippen molar-refractivity contribution in [3.8, 4) is 11.5 Å². The Morgan fingerprint density at radius 2 is 1.88 bits per heavy atom. The first-order valence-corrected chi connectivity index (χ1v) is 8.49. The second kappa shape index (κ2) is 7.74. The van der Waals surface area contributed by atoms with Gasteiger partial charge in [-0.05, 0) is 36.6 Å². The molecule has 1 atom stereocenters. The molecule has 0 bridgehead atoms. The second-order valence-corrected chi connectivity index (χ2v) is 6.18. The first-order valence-electron chi connectivity index (χ1n) is 8.11.